The Morgan fingerprint density at radius 2 is 1.94 bits per heavy atom. The van der Waals surface area contributed by atoms with Gasteiger partial charge in [-0.2, -0.15) is 0 Å². The molecule has 0 heterocycles. The largest absolute Gasteiger partial charge is 0.497 e. The number of ether oxygens (including phenoxy) is 1. The van der Waals surface area contributed by atoms with Crippen molar-refractivity contribution in [1.29, 1.82) is 0 Å². The highest BCUT2D eigenvalue weighted by Gasteiger charge is 1.98. The van der Waals surface area contributed by atoms with Gasteiger partial charge < -0.3 is 10.5 Å². The van der Waals surface area contributed by atoms with Crippen LogP contribution in [0, 0.1) is 0 Å². The maximum atomic E-state index is 5.38. The summed E-state index contributed by atoms with van der Waals surface area (Å²) in [6, 6.07) is 8.14. The van der Waals surface area contributed by atoms with Gasteiger partial charge in [0.05, 0.1) is 7.11 Å². The Kier molecular flexibility index (Phi) is 5.61. The Labute approximate surface area is 97.5 Å². The topological polar surface area (TPSA) is 38.5 Å². The number of hydrogen-bond donors (Lipinski definition) is 1. The lowest BCUT2D eigenvalue weighted by atomic mass is 10.2. The van der Waals surface area contributed by atoms with Crippen molar-refractivity contribution in [2.75, 3.05) is 27.2 Å². The van der Waals surface area contributed by atoms with Gasteiger partial charge in [0.1, 0.15) is 5.75 Å². The van der Waals surface area contributed by atoms with E-state index >= 15 is 0 Å². The molecule has 1 aromatic rings. The third-order valence-corrected chi connectivity index (χ3v) is 2.33. The van der Waals surface area contributed by atoms with E-state index in [0.717, 1.165) is 18.8 Å². The molecule has 2 N–H and O–H groups in total. The summed E-state index contributed by atoms with van der Waals surface area (Å²) in [4.78, 5) is 2.23. The molecule has 0 unspecified atom stereocenters. The Morgan fingerprint density at radius 1 is 1.25 bits per heavy atom. The molecule has 0 aliphatic carbocycles. The normalized spacial score (nSPS) is 11.2. The van der Waals surface area contributed by atoms with Gasteiger partial charge in [0.2, 0.25) is 0 Å². The number of nitrogens with two attached hydrogens (primary N) is 1. The Balaban J connectivity index is 2.43. The highest BCUT2D eigenvalue weighted by Crippen LogP contribution is 2.12. The number of likely N-dealkylation sites (N-methyl/N-ethyl adjacent to an activating group) is 1. The standard InChI is InChI=1S/C13H20N2O/c1-15(10-4-3-9-14)11-12-5-7-13(16-2)8-6-12/h3-8H,9-11,14H2,1-2H3. The highest BCUT2D eigenvalue weighted by atomic mass is 16.5. The molecule has 0 bridgehead atoms. The van der Waals surface area contributed by atoms with Gasteiger partial charge in [0.25, 0.3) is 0 Å². The number of hydrogen-bond acceptors (Lipinski definition) is 3. The fourth-order valence-corrected chi connectivity index (χ4v) is 1.46. The fourth-order valence-electron chi connectivity index (χ4n) is 1.46. The SMILES string of the molecule is COc1ccc(CN(C)CC=CCN)cc1. The molecule has 3 nitrogen and oxygen atoms in total. The average Bonchev–Trinajstić information content (AvgIpc) is 2.30. The lowest BCUT2D eigenvalue weighted by Gasteiger charge is -2.14. The molecule has 16 heavy (non-hydrogen) atoms. The van der Waals surface area contributed by atoms with Crippen LogP contribution in [0.25, 0.3) is 0 Å². The third kappa shape index (κ3) is 4.47. The van der Waals surface area contributed by atoms with Crippen molar-refractivity contribution in [2.24, 2.45) is 5.73 Å². The second-order valence-corrected chi connectivity index (χ2v) is 3.75. The molecule has 0 aliphatic rings. The first kappa shape index (κ1) is 12.7. The van der Waals surface area contributed by atoms with E-state index in [1.165, 1.54) is 5.56 Å². The number of nitrogens with zero attached hydrogens (tertiary/aromatic N) is 1. The summed E-state index contributed by atoms with van der Waals surface area (Å²) in [5.41, 5.74) is 6.66. The number of methoxy groups -OCH3 is 1. The van der Waals surface area contributed by atoms with Crippen LogP contribution in [0.15, 0.2) is 36.4 Å². The average molecular weight is 220 g/mol. The van der Waals surface area contributed by atoms with E-state index in [1.54, 1.807) is 7.11 Å². The molecule has 0 fully saturated rings. The zero-order valence-electron chi connectivity index (χ0n) is 10.0. The molecular formula is C13H20N2O. The minimum Gasteiger partial charge on any atom is -0.497 e. The maximum absolute atomic E-state index is 5.38. The molecule has 0 saturated carbocycles. The van der Waals surface area contributed by atoms with Crippen LogP contribution in [-0.4, -0.2) is 32.1 Å². The van der Waals surface area contributed by atoms with Crippen LogP contribution in [-0.2, 0) is 6.54 Å². The van der Waals surface area contributed by atoms with Crippen LogP contribution < -0.4 is 10.5 Å². The lowest BCUT2D eigenvalue weighted by molar-refractivity contribution is 0.362. The van der Waals surface area contributed by atoms with Gasteiger partial charge in [-0.1, -0.05) is 24.3 Å². The predicted molar refractivity (Wildman–Crippen MR) is 67.5 cm³/mol. The fraction of sp³-hybridized carbons (Fsp3) is 0.385. The molecule has 1 rings (SSSR count). The zero-order chi connectivity index (χ0) is 11.8. The van der Waals surface area contributed by atoms with E-state index in [9.17, 15) is 0 Å². The molecule has 0 aliphatic heterocycles. The van der Waals surface area contributed by atoms with Crippen LogP contribution in [0.1, 0.15) is 5.56 Å². The van der Waals surface area contributed by atoms with Crippen LogP contribution in [0.3, 0.4) is 0 Å². The van der Waals surface area contributed by atoms with Gasteiger partial charge >= 0.3 is 0 Å². The van der Waals surface area contributed by atoms with Crippen molar-refractivity contribution >= 4 is 0 Å². The summed E-state index contributed by atoms with van der Waals surface area (Å²) >= 11 is 0. The van der Waals surface area contributed by atoms with Crippen molar-refractivity contribution in [3.8, 4) is 5.75 Å². The van der Waals surface area contributed by atoms with E-state index < -0.39 is 0 Å². The molecule has 0 saturated heterocycles. The first-order valence-electron chi connectivity index (χ1n) is 5.43. The molecule has 1 aromatic carbocycles. The smallest absolute Gasteiger partial charge is 0.118 e. The van der Waals surface area contributed by atoms with Crippen molar-refractivity contribution in [3.63, 3.8) is 0 Å². The van der Waals surface area contributed by atoms with Crippen molar-refractivity contribution in [1.82, 2.24) is 4.90 Å². The minimum atomic E-state index is 0.608. The summed E-state index contributed by atoms with van der Waals surface area (Å²) in [6.45, 7) is 2.46. The Morgan fingerprint density at radius 3 is 2.50 bits per heavy atom. The second kappa shape index (κ2) is 7.04. The third-order valence-electron chi connectivity index (χ3n) is 2.33. The first-order valence-corrected chi connectivity index (χ1v) is 5.43. The zero-order valence-corrected chi connectivity index (χ0v) is 10.0. The molecular weight excluding hydrogens is 200 g/mol. The van der Waals surface area contributed by atoms with Crippen LogP contribution >= 0.6 is 0 Å². The van der Waals surface area contributed by atoms with Gasteiger partial charge in [-0.3, -0.25) is 4.90 Å². The van der Waals surface area contributed by atoms with Gasteiger partial charge in [-0.05, 0) is 24.7 Å². The molecule has 0 amide bonds. The summed E-state index contributed by atoms with van der Waals surface area (Å²) in [6.07, 6.45) is 4.06. The number of rotatable bonds is 6. The van der Waals surface area contributed by atoms with Gasteiger partial charge in [0.15, 0.2) is 0 Å². The molecule has 0 atom stereocenters. The van der Waals surface area contributed by atoms with Crippen LogP contribution in [0.4, 0.5) is 0 Å². The first-order chi connectivity index (χ1) is 7.76. The minimum absolute atomic E-state index is 0.608. The van der Waals surface area contributed by atoms with Crippen molar-refractivity contribution in [2.45, 2.75) is 6.54 Å². The quantitative estimate of drug-likeness (QED) is 0.741. The monoisotopic (exact) mass is 220 g/mol. The Hall–Kier alpha value is -1.32. The Bertz CT molecular complexity index is 319. The van der Waals surface area contributed by atoms with Crippen molar-refractivity contribution in [3.05, 3.63) is 42.0 Å². The van der Waals surface area contributed by atoms with E-state index in [2.05, 4.69) is 30.2 Å². The molecule has 0 radical (unpaired) electrons. The summed E-state index contributed by atoms with van der Waals surface area (Å²) in [7, 11) is 3.77. The summed E-state index contributed by atoms with van der Waals surface area (Å²) in [5, 5.41) is 0. The summed E-state index contributed by atoms with van der Waals surface area (Å²) in [5.74, 6) is 0.898. The second-order valence-electron chi connectivity index (χ2n) is 3.75. The van der Waals surface area contributed by atoms with E-state index in [4.69, 9.17) is 10.5 Å². The van der Waals surface area contributed by atoms with E-state index in [-0.39, 0.29) is 0 Å². The lowest BCUT2D eigenvalue weighted by Crippen LogP contribution is -2.17. The molecule has 0 aromatic heterocycles. The molecule has 88 valence electrons. The van der Waals surface area contributed by atoms with Crippen molar-refractivity contribution < 1.29 is 4.74 Å². The molecule has 0 spiro atoms. The van der Waals surface area contributed by atoms with Gasteiger partial charge in [0, 0.05) is 19.6 Å². The van der Waals surface area contributed by atoms with E-state index in [0.29, 0.717) is 6.54 Å². The molecule has 3 heteroatoms. The van der Waals surface area contributed by atoms with E-state index in [1.807, 2.05) is 18.2 Å². The van der Waals surface area contributed by atoms with Crippen LogP contribution in [0.2, 0.25) is 0 Å². The van der Waals surface area contributed by atoms with Crippen LogP contribution in [0.5, 0.6) is 5.75 Å². The maximum Gasteiger partial charge on any atom is 0.118 e. The highest BCUT2D eigenvalue weighted by molar-refractivity contribution is 5.27. The predicted octanol–water partition coefficient (Wildman–Crippen LogP) is 1.64. The van der Waals surface area contributed by atoms with Gasteiger partial charge in [-0.15, -0.1) is 0 Å². The number of benzene rings is 1. The summed E-state index contributed by atoms with van der Waals surface area (Å²) < 4.78 is 5.11. The van der Waals surface area contributed by atoms with Gasteiger partial charge in [-0.25, -0.2) is 0 Å².